The highest BCUT2D eigenvalue weighted by Gasteiger charge is 1.93. The van der Waals surface area contributed by atoms with E-state index in [2.05, 4.69) is 0 Å². The van der Waals surface area contributed by atoms with Gasteiger partial charge in [0.15, 0.2) is 0 Å². The molecule has 1 rings (SSSR count). The topological polar surface area (TPSA) is 20.2 Å². The Hall–Kier alpha value is -1.24. The monoisotopic (exact) mass is 148 g/mol. The van der Waals surface area contributed by atoms with E-state index in [-0.39, 0.29) is 0 Å². The fourth-order valence-corrected chi connectivity index (χ4v) is 0.923. The Kier molecular flexibility index (Phi) is 2.32. The van der Waals surface area contributed by atoms with Gasteiger partial charge < -0.3 is 5.11 Å². The number of benzene rings is 1. The van der Waals surface area contributed by atoms with Crippen LogP contribution in [0.4, 0.5) is 0 Å². The van der Waals surface area contributed by atoms with Gasteiger partial charge in [-0.3, -0.25) is 0 Å². The number of allylic oxidation sites excluding steroid dienone is 1. The van der Waals surface area contributed by atoms with Crippen LogP contribution < -0.4 is 0 Å². The second-order valence-corrected chi connectivity index (χ2v) is 2.55. The molecule has 0 unspecified atom stereocenters. The highest BCUT2D eigenvalue weighted by atomic mass is 16.3. The lowest BCUT2D eigenvalue weighted by Gasteiger charge is -1.98. The van der Waals surface area contributed by atoms with E-state index < -0.39 is 0 Å². The van der Waals surface area contributed by atoms with E-state index in [0.29, 0.717) is 5.75 Å². The average Bonchev–Trinajstić information content (AvgIpc) is 1.98. The highest BCUT2D eigenvalue weighted by molar-refractivity contribution is 5.52. The third kappa shape index (κ3) is 1.84. The van der Waals surface area contributed by atoms with E-state index in [1.54, 1.807) is 6.07 Å². The molecule has 11 heavy (non-hydrogen) atoms. The number of phenolic OH excluding ortho intramolecular Hbond substituents is 1. The van der Waals surface area contributed by atoms with Gasteiger partial charge in [-0.15, -0.1) is 0 Å². The molecule has 1 aromatic rings. The molecule has 0 atom stereocenters. The van der Waals surface area contributed by atoms with E-state index in [1.165, 1.54) is 0 Å². The van der Waals surface area contributed by atoms with Gasteiger partial charge in [0.25, 0.3) is 0 Å². The fourth-order valence-electron chi connectivity index (χ4n) is 0.923. The number of phenols is 1. The Labute approximate surface area is 67.0 Å². The van der Waals surface area contributed by atoms with Crippen molar-refractivity contribution in [2.24, 2.45) is 0 Å². The Bertz CT molecular complexity index is 274. The molecule has 0 aliphatic carbocycles. The van der Waals surface area contributed by atoms with Crippen molar-refractivity contribution in [3.05, 3.63) is 35.4 Å². The average molecular weight is 148 g/mol. The highest BCUT2D eigenvalue weighted by Crippen LogP contribution is 2.17. The predicted molar refractivity (Wildman–Crippen MR) is 47.6 cm³/mol. The van der Waals surface area contributed by atoms with Gasteiger partial charge in [0.05, 0.1) is 0 Å². The minimum atomic E-state index is 0.362. The summed E-state index contributed by atoms with van der Waals surface area (Å²) in [5.74, 6) is 0.362. The van der Waals surface area contributed by atoms with E-state index in [9.17, 15) is 5.11 Å². The van der Waals surface area contributed by atoms with Crippen LogP contribution >= 0.6 is 0 Å². The zero-order valence-electron chi connectivity index (χ0n) is 6.83. The van der Waals surface area contributed by atoms with Crippen LogP contribution in [0, 0.1) is 6.92 Å². The Morgan fingerprint density at radius 1 is 1.36 bits per heavy atom. The molecule has 0 heterocycles. The number of rotatable bonds is 1. The quantitative estimate of drug-likeness (QED) is 0.649. The van der Waals surface area contributed by atoms with Gasteiger partial charge in [-0.2, -0.15) is 0 Å². The third-order valence-electron chi connectivity index (χ3n) is 1.59. The van der Waals surface area contributed by atoms with Crippen molar-refractivity contribution in [3.8, 4) is 5.75 Å². The second kappa shape index (κ2) is 3.24. The summed E-state index contributed by atoms with van der Waals surface area (Å²) >= 11 is 0. The minimum Gasteiger partial charge on any atom is -0.508 e. The van der Waals surface area contributed by atoms with Crippen molar-refractivity contribution in [1.29, 1.82) is 0 Å². The van der Waals surface area contributed by atoms with Crippen LogP contribution in [0.1, 0.15) is 18.1 Å². The van der Waals surface area contributed by atoms with Crippen molar-refractivity contribution >= 4 is 6.08 Å². The molecular formula is C10H12O. The summed E-state index contributed by atoms with van der Waals surface area (Å²) in [5.41, 5.74) is 1.95. The van der Waals surface area contributed by atoms with Crippen LogP contribution in [-0.2, 0) is 0 Å². The summed E-state index contributed by atoms with van der Waals surface area (Å²) < 4.78 is 0. The first-order chi connectivity index (χ1) is 5.24. The summed E-state index contributed by atoms with van der Waals surface area (Å²) in [6.07, 6.45) is 3.91. The van der Waals surface area contributed by atoms with Crippen molar-refractivity contribution < 1.29 is 5.11 Å². The largest absolute Gasteiger partial charge is 0.508 e. The van der Waals surface area contributed by atoms with Crippen LogP contribution in [0.25, 0.3) is 6.08 Å². The zero-order valence-corrected chi connectivity index (χ0v) is 6.83. The Balaban J connectivity index is 3.05. The van der Waals surface area contributed by atoms with Crippen LogP contribution in [0.5, 0.6) is 5.75 Å². The zero-order chi connectivity index (χ0) is 8.27. The van der Waals surface area contributed by atoms with Crippen LogP contribution in [0.2, 0.25) is 0 Å². The molecule has 0 fully saturated rings. The lowest BCUT2D eigenvalue weighted by molar-refractivity contribution is 0.471. The molecule has 58 valence electrons. The smallest absolute Gasteiger partial charge is 0.119 e. The van der Waals surface area contributed by atoms with E-state index >= 15 is 0 Å². The standard InChI is InChI=1S/C10H12O/c1-3-4-9-6-5-8(2)10(11)7-9/h3-7,11H,1-2H3/b4-3+. The third-order valence-corrected chi connectivity index (χ3v) is 1.59. The molecular weight excluding hydrogens is 136 g/mol. The molecule has 0 spiro atoms. The van der Waals surface area contributed by atoms with Gasteiger partial charge in [0.1, 0.15) is 5.75 Å². The molecule has 0 radical (unpaired) electrons. The molecule has 0 aliphatic heterocycles. The van der Waals surface area contributed by atoms with Gasteiger partial charge in [-0.25, -0.2) is 0 Å². The Morgan fingerprint density at radius 2 is 2.09 bits per heavy atom. The van der Waals surface area contributed by atoms with Crippen LogP contribution in [-0.4, -0.2) is 5.11 Å². The van der Waals surface area contributed by atoms with Gasteiger partial charge in [0.2, 0.25) is 0 Å². The number of hydrogen-bond donors (Lipinski definition) is 1. The molecule has 1 aromatic carbocycles. The summed E-state index contributed by atoms with van der Waals surface area (Å²) in [4.78, 5) is 0. The molecule has 0 saturated heterocycles. The van der Waals surface area contributed by atoms with Gasteiger partial charge in [-0.05, 0) is 31.0 Å². The normalized spacial score (nSPS) is 10.7. The summed E-state index contributed by atoms with van der Waals surface area (Å²) in [5, 5.41) is 9.29. The predicted octanol–water partition coefficient (Wildman–Crippen LogP) is 2.73. The fraction of sp³-hybridized carbons (Fsp3) is 0.200. The van der Waals surface area contributed by atoms with Crippen LogP contribution in [0.3, 0.4) is 0 Å². The van der Waals surface area contributed by atoms with E-state index in [4.69, 9.17) is 0 Å². The van der Waals surface area contributed by atoms with Crippen LogP contribution in [0.15, 0.2) is 24.3 Å². The van der Waals surface area contributed by atoms with Crippen molar-refractivity contribution in [3.63, 3.8) is 0 Å². The maximum absolute atomic E-state index is 9.29. The van der Waals surface area contributed by atoms with Crippen molar-refractivity contribution in [2.45, 2.75) is 13.8 Å². The summed E-state index contributed by atoms with van der Waals surface area (Å²) in [7, 11) is 0. The maximum atomic E-state index is 9.29. The first-order valence-corrected chi connectivity index (χ1v) is 3.66. The molecule has 1 N–H and O–H groups in total. The minimum absolute atomic E-state index is 0.362. The lowest BCUT2D eigenvalue weighted by Crippen LogP contribution is -1.75. The van der Waals surface area contributed by atoms with Gasteiger partial charge >= 0.3 is 0 Å². The molecule has 0 bridgehead atoms. The van der Waals surface area contributed by atoms with Crippen molar-refractivity contribution in [2.75, 3.05) is 0 Å². The number of aryl methyl sites for hydroxylation is 1. The second-order valence-electron chi connectivity index (χ2n) is 2.55. The SMILES string of the molecule is C/C=C/c1ccc(C)c(O)c1. The van der Waals surface area contributed by atoms with Gasteiger partial charge in [-0.1, -0.05) is 24.3 Å². The molecule has 1 heteroatoms. The maximum Gasteiger partial charge on any atom is 0.119 e. The number of aromatic hydroxyl groups is 1. The summed E-state index contributed by atoms with van der Waals surface area (Å²) in [6, 6.07) is 5.65. The lowest BCUT2D eigenvalue weighted by atomic mass is 10.1. The van der Waals surface area contributed by atoms with Crippen molar-refractivity contribution in [1.82, 2.24) is 0 Å². The molecule has 1 nitrogen and oxygen atoms in total. The molecule has 0 saturated carbocycles. The molecule has 0 aliphatic rings. The first-order valence-electron chi connectivity index (χ1n) is 3.66. The molecule has 0 amide bonds. The first kappa shape index (κ1) is 7.86. The van der Waals surface area contributed by atoms with Gasteiger partial charge in [0, 0.05) is 0 Å². The number of hydrogen-bond acceptors (Lipinski definition) is 1. The summed E-state index contributed by atoms with van der Waals surface area (Å²) in [6.45, 7) is 3.84. The van der Waals surface area contributed by atoms with E-state index in [0.717, 1.165) is 11.1 Å². The molecule has 0 aromatic heterocycles. The Morgan fingerprint density at radius 3 is 2.64 bits per heavy atom. The van der Waals surface area contributed by atoms with E-state index in [1.807, 2.05) is 38.1 Å².